The molecule has 1 aliphatic heterocycles. The number of hydrogen-bond acceptors (Lipinski definition) is 4. The lowest BCUT2D eigenvalue weighted by Gasteiger charge is -2.16. The quantitative estimate of drug-likeness (QED) is 0.634. The van der Waals surface area contributed by atoms with Crippen molar-refractivity contribution < 1.29 is 9.72 Å². The summed E-state index contributed by atoms with van der Waals surface area (Å²) in [7, 11) is 1.79. The van der Waals surface area contributed by atoms with Gasteiger partial charge in [-0.15, -0.1) is 0 Å². The first-order valence-electron chi connectivity index (χ1n) is 6.31. The van der Waals surface area contributed by atoms with E-state index >= 15 is 0 Å². The van der Waals surface area contributed by atoms with Gasteiger partial charge in [0.25, 0.3) is 5.69 Å². The maximum absolute atomic E-state index is 11.9. The molecule has 0 aliphatic carbocycles. The van der Waals surface area contributed by atoms with Gasteiger partial charge in [0.15, 0.2) is 0 Å². The zero-order valence-corrected chi connectivity index (χ0v) is 10.8. The van der Waals surface area contributed by atoms with E-state index in [9.17, 15) is 14.9 Å². The lowest BCUT2D eigenvalue weighted by molar-refractivity contribution is -0.384. The van der Waals surface area contributed by atoms with Crippen LogP contribution in [-0.2, 0) is 11.2 Å². The Morgan fingerprint density at radius 1 is 1.42 bits per heavy atom. The third kappa shape index (κ3) is 3.08. The van der Waals surface area contributed by atoms with Crippen LogP contribution >= 0.6 is 0 Å². The molecule has 102 valence electrons. The number of nitro benzene ring substituents is 1. The highest BCUT2D eigenvalue weighted by atomic mass is 16.6. The molecular weight excluding hydrogens is 246 g/mol. The van der Waals surface area contributed by atoms with E-state index < -0.39 is 4.92 Å². The second-order valence-corrected chi connectivity index (χ2v) is 4.63. The highest BCUT2D eigenvalue weighted by Crippen LogP contribution is 2.15. The summed E-state index contributed by atoms with van der Waals surface area (Å²) in [6.45, 7) is 1.44. The van der Waals surface area contributed by atoms with Crippen LogP contribution < -0.4 is 5.32 Å². The molecule has 2 rings (SSSR count). The van der Waals surface area contributed by atoms with Crippen LogP contribution in [0.25, 0.3) is 0 Å². The molecule has 1 atom stereocenters. The van der Waals surface area contributed by atoms with E-state index in [1.807, 2.05) is 4.90 Å². The van der Waals surface area contributed by atoms with Gasteiger partial charge in [-0.2, -0.15) is 0 Å². The number of non-ortho nitro benzene ring substituents is 1. The minimum absolute atomic E-state index is 0.0585. The molecule has 1 N–H and O–H groups in total. The average molecular weight is 263 g/mol. The Bertz CT molecular complexity index is 473. The molecule has 1 aromatic carbocycles. The number of amides is 1. The van der Waals surface area contributed by atoms with Crippen LogP contribution in [0, 0.1) is 10.1 Å². The van der Waals surface area contributed by atoms with Gasteiger partial charge in [-0.3, -0.25) is 14.9 Å². The zero-order valence-electron chi connectivity index (χ0n) is 10.8. The molecule has 1 aromatic rings. The Balaban J connectivity index is 1.89. The van der Waals surface area contributed by atoms with Crippen LogP contribution in [0.15, 0.2) is 24.3 Å². The maximum Gasteiger partial charge on any atom is 0.269 e. The molecule has 0 radical (unpaired) electrons. The van der Waals surface area contributed by atoms with Gasteiger partial charge < -0.3 is 10.2 Å². The normalized spacial score (nSPS) is 18.9. The Morgan fingerprint density at radius 3 is 2.63 bits per heavy atom. The van der Waals surface area contributed by atoms with Crippen LogP contribution in [0.4, 0.5) is 5.69 Å². The van der Waals surface area contributed by atoms with Crippen molar-refractivity contribution in [3.8, 4) is 0 Å². The van der Waals surface area contributed by atoms with E-state index in [0.717, 1.165) is 24.9 Å². The number of likely N-dealkylation sites (N-methyl/N-ethyl adjacent to an activating group) is 1. The fourth-order valence-corrected chi connectivity index (χ4v) is 2.28. The number of likely N-dealkylation sites (tertiary alicyclic amines) is 1. The van der Waals surface area contributed by atoms with Gasteiger partial charge >= 0.3 is 0 Å². The molecule has 6 heteroatoms. The van der Waals surface area contributed by atoms with Crippen LogP contribution in [0.1, 0.15) is 12.0 Å². The molecule has 1 unspecified atom stereocenters. The van der Waals surface area contributed by atoms with Gasteiger partial charge in [-0.1, -0.05) is 12.1 Å². The summed E-state index contributed by atoms with van der Waals surface area (Å²) in [6, 6.07) is 6.43. The SMILES string of the molecule is CNC1CCN(CCc2ccc([N+](=O)[O-])cc2)C1=O. The summed E-state index contributed by atoms with van der Waals surface area (Å²) in [5.41, 5.74) is 1.10. The molecule has 1 fully saturated rings. The van der Waals surface area contributed by atoms with Crippen LogP contribution in [0.3, 0.4) is 0 Å². The minimum atomic E-state index is -0.411. The fraction of sp³-hybridized carbons (Fsp3) is 0.462. The van der Waals surface area contributed by atoms with Gasteiger partial charge in [-0.25, -0.2) is 0 Å². The molecule has 1 amide bonds. The number of nitro groups is 1. The molecule has 6 nitrogen and oxygen atoms in total. The van der Waals surface area contributed by atoms with Crippen molar-refractivity contribution in [3.05, 3.63) is 39.9 Å². The average Bonchev–Trinajstić information content (AvgIpc) is 2.77. The van der Waals surface area contributed by atoms with E-state index in [1.165, 1.54) is 12.1 Å². The second kappa shape index (κ2) is 5.79. The summed E-state index contributed by atoms with van der Waals surface area (Å²) in [4.78, 5) is 23.8. The van der Waals surface area contributed by atoms with Gasteiger partial charge in [0.2, 0.25) is 5.91 Å². The number of nitrogens with zero attached hydrogens (tertiary/aromatic N) is 2. The number of carbonyl (C=O) groups excluding carboxylic acids is 1. The van der Waals surface area contributed by atoms with E-state index in [2.05, 4.69) is 5.32 Å². The fourth-order valence-electron chi connectivity index (χ4n) is 2.28. The molecule has 19 heavy (non-hydrogen) atoms. The van der Waals surface area contributed by atoms with E-state index in [1.54, 1.807) is 19.2 Å². The number of nitrogens with one attached hydrogen (secondary N) is 1. The molecule has 1 heterocycles. The summed E-state index contributed by atoms with van der Waals surface area (Å²) >= 11 is 0. The van der Waals surface area contributed by atoms with Crippen molar-refractivity contribution >= 4 is 11.6 Å². The second-order valence-electron chi connectivity index (χ2n) is 4.63. The molecule has 1 aliphatic rings. The van der Waals surface area contributed by atoms with Crippen molar-refractivity contribution in [1.29, 1.82) is 0 Å². The van der Waals surface area contributed by atoms with Crippen molar-refractivity contribution in [2.24, 2.45) is 0 Å². The van der Waals surface area contributed by atoms with Crippen molar-refractivity contribution in [1.82, 2.24) is 10.2 Å². The Labute approximate surface area is 111 Å². The van der Waals surface area contributed by atoms with Gasteiger partial charge in [0.05, 0.1) is 11.0 Å². The molecular formula is C13H17N3O3. The third-order valence-corrected chi connectivity index (χ3v) is 3.46. The van der Waals surface area contributed by atoms with Crippen LogP contribution in [0.5, 0.6) is 0 Å². The molecule has 0 aromatic heterocycles. The number of rotatable bonds is 5. The van der Waals surface area contributed by atoms with Crippen LogP contribution in [0.2, 0.25) is 0 Å². The zero-order chi connectivity index (χ0) is 13.8. The Hall–Kier alpha value is -1.95. The number of benzene rings is 1. The first-order chi connectivity index (χ1) is 9.11. The smallest absolute Gasteiger partial charge is 0.269 e. The Morgan fingerprint density at radius 2 is 2.11 bits per heavy atom. The standard InChI is InChI=1S/C13H17N3O3/c1-14-12-7-9-15(13(12)17)8-6-10-2-4-11(5-3-10)16(18)19/h2-5,12,14H,6-9H2,1H3. The highest BCUT2D eigenvalue weighted by Gasteiger charge is 2.29. The van der Waals surface area contributed by atoms with E-state index in [0.29, 0.717) is 6.54 Å². The summed E-state index contributed by atoms with van der Waals surface area (Å²) in [5.74, 6) is 0.143. The lowest BCUT2D eigenvalue weighted by atomic mass is 10.1. The van der Waals surface area contributed by atoms with Gasteiger partial charge in [-0.05, 0) is 25.5 Å². The minimum Gasteiger partial charge on any atom is -0.341 e. The van der Waals surface area contributed by atoms with E-state index in [4.69, 9.17) is 0 Å². The first-order valence-corrected chi connectivity index (χ1v) is 6.31. The lowest BCUT2D eigenvalue weighted by Crippen LogP contribution is -2.37. The monoisotopic (exact) mass is 263 g/mol. The largest absolute Gasteiger partial charge is 0.341 e. The highest BCUT2D eigenvalue weighted by molar-refractivity contribution is 5.83. The molecule has 0 spiro atoms. The third-order valence-electron chi connectivity index (χ3n) is 3.46. The summed E-state index contributed by atoms with van der Waals surface area (Å²) in [5, 5.41) is 13.5. The van der Waals surface area contributed by atoms with Crippen molar-refractivity contribution in [2.75, 3.05) is 20.1 Å². The first kappa shape index (κ1) is 13.5. The number of carbonyl (C=O) groups is 1. The molecule has 0 saturated carbocycles. The predicted molar refractivity (Wildman–Crippen MR) is 70.8 cm³/mol. The Kier molecular flexibility index (Phi) is 4.11. The van der Waals surface area contributed by atoms with Crippen LogP contribution in [-0.4, -0.2) is 41.9 Å². The van der Waals surface area contributed by atoms with E-state index in [-0.39, 0.29) is 17.6 Å². The maximum atomic E-state index is 11.9. The van der Waals surface area contributed by atoms with Gasteiger partial charge in [0, 0.05) is 25.2 Å². The molecule has 1 saturated heterocycles. The van der Waals surface area contributed by atoms with Crippen molar-refractivity contribution in [2.45, 2.75) is 18.9 Å². The summed E-state index contributed by atoms with van der Waals surface area (Å²) in [6.07, 6.45) is 1.57. The number of hydrogen-bond donors (Lipinski definition) is 1. The molecule has 0 bridgehead atoms. The van der Waals surface area contributed by atoms with Gasteiger partial charge in [0.1, 0.15) is 0 Å². The summed E-state index contributed by atoms with van der Waals surface area (Å²) < 4.78 is 0. The van der Waals surface area contributed by atoms with Crippen molar-refractivity contribution in [3.63, 3.8) is 0 Å². The topological polar surface area (TPSA) is 75.5 Å². The predicted octanol–water partition coefficient (Wildman–Crippen LogP) is 0.958.